The van der Waals surface area contributed by atoms with Crippen molar-refractivity contribution in [2.24, 2.45) is 0 Å². The van der Waals surface area contributed by atoms with Crippen LogP contribution in [0.3, 0.4) is 0 Å². The minimum atomic E-state index is -0.296. The molecule has 0 aromatic carbocycles. The summed E-state index contributed by atoms with van der Waals surface area (Å²) in [6.45, 7) is 2.55. The number of nitrogens with one attached hydrogen (secondary N) is 2. The van der Waals surface area contributed by atoms with Crippen LogP contribution >= 0.6 is 0 Å². The number of allylic oxidation sites excluding steroid dienone is 1. The normalized spacial score (nSPS) is 15.6. The lowest BCUT2D eigenvalue weighted by Gasteiger charge is -2.16. The first-order valence-electron chi connectivity index (χ1n) is 7.91. The number of aromatic nitrogens is 1. The zero-order valence-corrected chi connectivity index (χ0v) is 13.4. The number of nitrogens with zero attached hydrogens (tertiary/aromatic N) is 1. The Labute approximate surface area is 132 Å². The lowest BCUT2D eigenvalue weighted by atomic mass is 9.97. The first-order valence-corrected chi connectivity index (χ1v) is 7.91. The van der Waals surface area contributed by atoms with Gasteiger partial charge in [-0.3, -0.25) is 4.79 Å². The SMILES string of the molecule is COc1ccc(NC(C)C(=O)NCCC2=CCCCC2)cn1. The maximum atomic E-state index is 12.1. The Kier molecular flexibility index (Phi) is 6.25. The molecule has 1 aromatic heterocycles. The molecule has 0 saturated carbocycles. The number of amides is 1. The number of carbonyl (C=O) groups is 1. The molecule has 5 nitrogen and oxygen atoms in total. The summed E-state index contributed by atoms with van der Waals surface area (Å²) in [4.78, 5) is 16.2. The van der Waals surface area contributed by atoms with Crippen molar-refractivity contribution in [1.29, 1.82) is 0 Å². The largest absolute Gasteiger partial charge is 0.481 e. The fourth-order valence-electron chi connectivity index (χ4n) is 2.53. The summed E-state index contributed by atoms with van der Waals surface area (Å²) in [7, 11) is 1.58. The molecular formula is C17H25N3O2. The molecule has 1 atom stereocenters. The summed E-state index contributed by atoms with van der Waals surface area (Å²) in [6.07, 6.45) is 9.89. The fraction of sp³-hybridized carbons (Fsp3) is 0.529. The summed E-state index contributed by atoms with van der Waals surface area (Å²) in [5.74, 6) is 0.565. The van der Waals surface area contributed by atoms with Crippen LogP contribution in [0.5, 0.6) is 5.88 Å². The molecule has 1 heterocycles. The van der Waals surface area contributed by atoms with Crippen molar-refractivity contribution >= 4 is 11.6 Å². The number of carbonyl (C=O) groups excluding carboxylic acids is 1. The number of pyridine rings is 1. The number of methoxy groups -OCH3 is 1. The van der Waals surface area contributed by atoms with Gasteiger partial charge in [0.2, 0.25) is 11.8 Å². The third kappa shape index (κ3) is 5.06. The zero-order valence-electron chi connectivity index (χ0n) is 13.4. The van der Waals surface area contributed by atoms with Crippen molar-refractivity contribution in [2.45, 2.75) is 45.1 Å². The summed E-state index contributed by atoms with van der Waals surface area (Å²) < 4.78 is 5.01. The van der Waals surface area contributed by atoms with E-state index in [0.29, 0.717) is 12.4 Å². The van der Waals surface area contributed by atoms with Crippen LogP contribution in [0, 0.1) is 0 Å². The van der Waals surface area contributed by atoms with E-state index < -0.39 is 0 Å². The van der Waals surface area contributed by atoms with Crippen LogP contribution in [0.1, 0.15) is 39.0 Å². The van der Waals surface area contributed by atoms with Gasteiger partial charge in [-0.1, -0.05) is 11.6 Å². The molecule has 0 saturated heterocycles. The minimum absolute atomic E-state index is 0.00669. The lowest BCUT2D eigenvalue weighted by Crippen LogP contribution is -2.38. The summed E-state index contributed by atoms with van der Waals surface area (Å²) >= 11 is 0. The molecule has 1 aliphatic carbocycles. The first kappa shape index (κ1) is 16.3. The molecule has 2 rings (SSSR count). The number of hydrogen-bond donors (Lipinski definition) is 2. The second-order valence-electron chi connectivity index (χ2n) is 5.60. The Balaban J connectivity index is 1.72. The number of ether oxygens (including phenoxy) is 1. The fourth-order valence-corrected chi connectivity index (χ4v) is 2.53. The van der Waals surface area contributed by atoms with E-state index in [4.69, 9.17) is 4.74 Å². The topological polar surface area (TPSA) is 63.2 Å². The average molecular weight is 303 g/mol. The summed E-state index contributed by atoms with van der Waals surface area (Å²) in [5.41, 5.74) is 2.28. The van der Waals surface area contributed by atoms with Gasteiger partial charge in [-0.05, 0) is 45.1 Å². The molecule has 0 aliphatic heterocycles. The van der Waals surface area contributed by atoms with Crippen LogP contribution < -0.4 is 15.4 Å². The maximum Gasteiger partial charge on any atom is 0.242 e. The maximum absolute atomic E-state index is 12.1. The van der Waals surface area contributed by atoms with E-state index >= 15 is 0 Å². The van der Waals surface area contributed by atoms with E-state index in [2.05, 4.69) is 21.7 Å². The van der Waals surface area contributed by atoms with Gasteiger partial charge >= 0.3 is 0 Å². The van der Waals surface area contributed by atoms with Crippen molar-refractivity contribution in [2.75, 3.05) is 19.0 Å². The molecule has 1 amide bonds. The van der Waals surface area contributed by atoms with E-state index in [1.165, 1.54) is 31.3 Å². The van der Waals surface area contributed by atoms with Crippen LogP contribution in [0.15, 0.2) is 30.0 Å². The van der Waals surface area contributed by atoms with Crippen LogP contribution in [-0.2, 0) is 4.79 Å². The Bertz CT molecular complexity index is 511. The van der Waals surface area contributed by atoms with E-state index in [9.17, 15) is 4.79 Å². The zero-order chi connectivity index (χ0) is 15.8. The Morgan fingerprint density at radius 2 is 2.27 bits per heavy atom. The molecule has 1 aliphatic rings. The van der Waals surface area contributed by atoms with Crippen LogP contribution in [0.4, 0.5) is 5.69 Å². The molecule has 2 N–H and O–H groups in total. The average Bonchev–Trinajstić information content (AvgIpc) is 2.56. The highest BCUT2D eigenvalue weighted by Gasteiger charge is 2.12. The lowest BCUT2D eigenvalue weighted by molar-refractivity contribution is -0.121. The highest BCUT2D eigenvalue weighted by molar-refractivity contribution is 5.84. The van der Waals surface area contributed by atoms with E-state index in [-0.39, 0.29) is 11.9 Å². The molecule has 0 fully saturated rings. The number of anilines is 1. The van der Waals surface area contributed by atoms with Gasteiger partial charge in [0.1, 0.15) is 6.04 Å². The van der Waals surface area contributed by atoms with Gasteiger partial charge in [-0.15, -0.1) is 0 Å². The van der Waals surface area contributed by atoms with Crippen molar-refractivity contribution in [3.63, 3.8) is 0 Å². The predicted molar refractivity (Wildman–Crippen MR) is 88.1 cm³/mol. The summed E-state index contributed by atoms with van der Waals surface area (Å²) in [5, 5.41) is 6.12. The van der Waals surface area contributed by atoms with Gasteiger partial charge in [0.15, 0.2) is 0 Å². The predicted octanol–water partition coefficient (Wildman–Crippen LogP) is 2.90. The molecule has 0 bridgehead atoms. The number of rotatable bonds is 7. The van der Waals surface area contributed by atoms with E-state index in [0.717, 1.165) is 12.1 Å². The number of hydrogen-bond acceptors (Lipinski definition) is 4. The quantitative estimate of drug-likeness (QED) is 0.760. The van der Waals surface area contributed by atoms with E-state index in [1.54, 1.807) is 19.4 Å². The molecule has 1 aromatic rings. The van der Waals surface area contributed by atoms with Crippen LogP contribution in [0.2, 0.25) is 0 Å². The molecular weight excluding hydrogens is 278 g/mol. The highest BCUT2D eigenvalue weighted by Crippen LogP contribution is 2.19. The Hall–Kier alpha value is -2.04. The second-order valence-corrected chi connectivity index (χ2v) is 5.60. The van der Waals surface area contributed by atoms with Crippen LogP contribution in [0.25, 0.3) is 0 Å². The third-order valence-electron chi connectivity index (χ3n) is 3.85. The van der Waals surface area contributed by atoms with Gasteiger partial charge < -0.3 is 15.4 Å². The van der Waals surface area contributed by atoms with Crippen molar-refractivity contribution in [3.8, 4) is 5.88 Å². The van der Waals surface area contributed by atoms with Crippen LogP contribution in [-0.4, -0.2) is 30.6 Å². The molecule has 0 spiro atoms. The van der Waals surface area contributed by atoms with Crippen molar-refractivity contribution in [1.82, 2.24) is 10.3 Å². The molecule has 0 radical (unpaired) electrons. The van der Waals surface area contributed by atoms with Crippen molar-refractivity contribution in [3.05, 3.63) is 30.0 Å². The smallest absolute Gasteiger partial charge is 0.242 e. The molecule has 1 unspecified atom stereocenters. The highest BCUT2D eigenvalue weighted by atomic mass is 16.5. The van der Waals surface area contributed by atoms with Crippen molar-refractivity contribution < 1.29 is 9.53 Å². The third-order valence-corrected chi connectivity index (χ3v) is 3.85. The molecule has 120 valence electrons. The second kappa shape index (κ2) is 8.41. The van der Waals surface area contributed by atoms with E-state index in [1.807, 2.05) is 13.0 Å². The monoisotopic (exact) mass is 303 g/mol. The summed E-state index contributed by atoms with van der Waals surface area (Å²) in [6, 6.07) is 3.32. The Morgan fingerprint density at radius 1 is 1.41 bits per heavy atom. The van der Waals surface area contributed by atoms with Gasteiger partial charge in [-0.25, -0.2) is 4.98 Å². The minimum Gasteiger partial charge on any atom is -0.481 e. The van der Waals surface area contributed by atoms with Gasteiger partial charge in [-0.2, -0.15) is 0 Å². The van der Waals surface area contributed by atoms with Gasteiger partial charge in [0.05, 0.1) is 19.0 Å². The molecule has 22 heavy (non-hydrogen) atoms. The standard InChI is InChI=1S/C17H25N3O2/c1-13(20-15-8-9-16(22-2)19-12-15)17(21)18-11-10-14-6-4-3-5-7-14/h6,8-9,12-13,20H,3-5,7,10-11H2,1-2H3,(H,18,21). The van der Waals surface area contributed by atoms with Gasteiger partial charge in [0, 0.05) is 12.6 Å². The first-order chi connectivity index (χ1) is 10.7. The molecule has 5 heteroatoms. The van der Waals surface area contributed by atoms with Gasteiger partial charge in [0.25, 0.3) is 0 Å². The Morgan fingerprint density at radius 3 is 2.91 bits per heavy atom.